The number of para-hydroxylation sites is 1. The van der Waals surface area contributed by atoms with E-state index in [1.165, 1.54) is 0 Å². The topological polar surface area (TPSA) is 51.5 Å². The summed E-state index contributed by atoms with van der Waals surface area (Å²) in [6.45, 7) is 1.74. The molecule has 0 amide bonds. The zero-order valence-corrected chi connectivity index (χ0v) is 11.1. The van der Waals surface area contributed by atoms with Crippen LogP contribution in [0.1, 0.15) is 18.9 Å². The van der Waals surface area contributed by atoms with Crippen LogP contribution < -0.4 is 10.2 Å². The number of nitrogens with zero attached hydrogens (tertiary/aromatic N) is 1. The Kier molecular flexibility index (Phi) is 2.82. The SMILES string of the molecule is CC(O)CC1Cc2c(n(C)c3ccccc3c2=O)O1. The number of hydrogen-bond acceptors (Lipinski definition) is 3. The number of aliphatic hydroxyl groups excluding tert-OH is 1. The third kappa shape index (κ3) is 1.92. The van der Waals surface area contributed by atoms with Crippen molar-refractivity contribution in [2.75, 3.05) is 0 Å². The number of fused-ring (bicyclic) bond motifs is 2. The molecule has 0 spiro atoms. The summed E-state index contributed by atoms with van der Waals surface area (Å²) >= 11 is 0. The Morgan fingerprint density at radius 2 is 2.21 bits per heavy atom. The van der Waals surface area contributed by atoms with E-state index in [1.54, 1.807) is 6.92 Å². The fourth-order valence-electron chi connectivity index (χ4n) is 2.80. The lowest BCUT2D eigenvalue weighted by Crippen LogP contribution is -2.20. The van der Waals surface area contributed by atoms with Gasteiger partial charge in [0.1, 0.15) is 6.10 Å². The number of aromatic nitrogens is 1. The van der Waals surface area contributed by atoms with Crippen molar-refractivity contribution >= 4 is 10.9 Å². The minimum absolute atomic E-state index is 0.0526. The van der Waals surface area contributed by atoms with E-state index in [-0.39, 0.29) is 11.5 Å². The second-order valence-electron chi connectivity index (χ2n) is 5.22. The first-order valence-corrected chi connectivity index (χ1v) is 6.53. The van der Waals surface area contributed by atoms with Gasteiger partial charge in [-0.3, -0.25) is 4.79 Å². The molecule has 4 nitrogen and oxygen atoms in total. The molecular weight excluding hydrogens is 242 g/mol. The van der Waals surface area contributed by atoms with Crippen LogP contribution in [-0.2, 0) is 13.5 Å². The van der Waals surface area contributed by atoms with Crippen molar-refractivity contribution in [1.29, 1.82) is 0 Å². The quantitative estimate of drug-likeness (QED) is 0.891. The summed E-state index contributed by atoms with van der Waals surface area (Å²) in [4.78, 5) is 12.4. The van der Waals surface area contributed by atoms with Crippen molar-refractivity contribution < 1.29 is 9.84 Å². The number of aryl methyl sites for hydroxylation is 1. The molecule has 2 atom stereocenters. The summed E-state index contributed by atoms with van der Waals surface area (Å²) in [7, 11) is 1.91. The van der Waals surface area contributed by atoms with Crippen LogP contribution in [0.2, 0.25) is 0 Å². The third-order valence-corrected chi connectivity index (χ3v) is 3.66. The predicted octanol–water partition coefficient (Wildman–Crippen LogP) is 1.61. The summed E-state index contributed by atoms with van der Waals surface area (Å²) in [5.41, 5.74) is 1.66. The van der Waals surface area contributed by atoms with Crippen LogP contribution in [0.15, 0.2) is 29.1 Å². The van der Waals surface area contributed by atoms with Crippen molar-refractivity contribution in [2.45, 2.75) is 32.0 Å². The Morgan fingerprint density at radius 1 is 1.47 bits per heavy atom. The van der Waals surface area contributed by atoms with Crippen LogP contribution in [0.3, 0.4) is 0 Å². The Morgan fingerprint density at radius 3 is 2.95 bits per heavy atom. The van der Waals surface area contributed by atoms with Crippen molar-refractivity contribution in [2.24, 2.45) is 7.05 Å². The molecule has 0 radical (unpaired) electrons. The van der Waals surface area contributed by atoms with Crippen LogP contribution in [0.5, 0.6) is 5.88 Å². The smallest absolute Gasteiger partial charge is 0.201 e. The molecule has 0 saturated heterocycles. The van der Waals surface area contributed by atoms with Crippen molar-refractivity contribution in [3.8, 4) is 5.88 Å². The molecular formula is C15H17NO3. The molecule has 1 aliphatic heterocycles. The van der Waals surface area contributed by atoms with E-state index in [2.05, 4.69) is 0 Å². The molecule has 1 aliphatic rings. The highest BCUT2D eigenvalue weighted by Gasteiger charge is 2.29. The van der Waals surface area contributed by atoms with Gasteiger partial charge in [-0.25, -0.2) is 0 Å². The highest BCUT2D eigenvalue weighted by Crippen LogP contribution is 2.30. The Labute approximate surface area is 111 Å². The summed E-state index contributed by atoms with van der Waals surface area (Å²) < 4.78 is 7.77. The van der Waals surface area contributed by atoms with Gasteiger partial charge < -0.3 is 14.4 Å². The monoisotopic (exact) mass is 259 g/mol. The first kappa shape index (κ1) is 12.2. The zero-order valence-electron chi connectivity index (χ0n) is 11.1. The van der Waals surface area contributed by atoms with Gasteiger partial charge in [-0.1, -0.05) is 12.1 Å². The molecule has 0 saturated carbocycles. The lowest BCUT2D eigenvalue weighted by atomic mass is 10.0. The highest BCUT2D eigenvalue weighted by molar-refractivity contribution is 5.81. The standard InChI is InChI=1S/C15H17NO3/c1-9(17)7-10-8-12-14(18)11-5-3-4-6-13(11)16(2)15(12)19-10/h3-6,9-10,17H,7-8H2,1-2H3. The zero-order chi connectivity index (χ0) is 13.6. The average Bonchev–Trinajstić information content (AvgIpc) is 2.79. The highest BCUT2D eigenvalue weighted by atomic mass is 16.5. The normalized spacial score (nSPS) is 19.2. The van der Waals surface area contributed by atoms with E-state index >= 15 is 0 Å². The Hall–Kier alpha value is -1.81. The number of aliphatic hydroxyl groups is 1. The fourth-order valence-corrected chi connectivity index (χ4v) is 2.80. The molecule has 1 aromatic carbocycles. The van der Waals surface area contributed by atoms with Crippen molar-refractivity contribution in [3.05, 3.63) is 40.1 Å². The lowest BCUT2D eigenvalue weighted by Gasteiger charge is -2.14. The van der Waals surface area contributed by atoms with Crippen LogP contribution in [0.4, 0.5) is 0 Å². The van der Waals surface area contributed by atoms with E-state index < -0.39 is 6.10 Å². The van der Waals surface area contributed by atoms with E-state index in [0.29, 0.717) is 18.7 Å². The molecule has 3 rings (SSSR count). The number of hydrogen-bond donors (Lipinski definition) is 1. The van der Waals surface area contributed by atoms with Gasteiger partial charge in [-0.05, 0) is 19.1 Å². The number of benzene rings is 1. The summed E-state index contributed by atoms with van der Waals surface area (Å²) in [5, 5.41) is 10.2. The second kappa shape index (κ2) is 4.38. The van der Waals surface area contributed by atoms with Crippen molar-refractivity contribution in [1.82, 2.24) is 4.57 Å². The molecule has 19 heavy (non-hydrogen) atoms. The molecule has 2 heterocycles. The van der Waals surface area contributed by atoms with E-state index in [1.807, 2.05) is 35.9 Å². The summed E-state index contributed by atoms with van der Waals surface area (Å²) in [5.74, 6) is 0.648. The first-order valence-electron chi connectivity index (χ1n) is 6.53. The Balaban J connectivity index is 2.14. The lowest BCUT2D eigenvalue weighted by molar-refractivity contribution is 0.114. The maximum Gasteiger partial charge on any atom is 0.201 e. The second-order valence-corrected chi connectivity index (χ2v) is 5.22. The number of pyridine rings is 1. The van der Waals surface area contributed by atoms with E-state index in [9.17, 15) is 9.90 Å². The van der Waals surface area contributed by atoms with Crippen LogP contribution in [0, 0.1) is 0 Å². The predicted molar refractivity (Wildman–Crippen MR) is 73.6 cm³/mol. The molecule has 1 N–H and O–H groups in total. The number of ether oxygens (including phenoxy) is 1. The average molecular weight is 259 g/mol. The maximum atomic E-state index is 12.4. The minimum Gasteiger partial charge on any atom is -0.475 e. The molecule has 0 fully saturated rings. The first-order chi connectivity index (χ1) is 9.08. The maximum absolute atomic E-state index is 12.4. The van der Waals surface area contributed by atoms with Crippen molar-refractivity contribution in [3.63, 3.8) is 0 Å². The third-order valence-electron chi connectivity index (χ3n) is 3.66. The molecule has 0 aliphatic carbocycles. The van der Waals surface area contributed by atoms with E-state index in [4.69, 9.17) is 4.74 Å². The van der Waals surface area contributed by atoms with Gasteiger partial charge in [0.15, 0.2) is 5.43 Å². The van der Waals surface area contributed by atoms with Gasteiger partial charge in [0.2, 0.25) is 5.88 Å². The summed E-state index contributed by atoms with van der Waals surface area (Å²) in [6, 6.07) is 7.55. The molecule has 2 aromatic rings. The van der Waals surface area contributed by atoms with E-state index in [0.717, 1.165) is 16.5 Å². The number of rotatable bonds is 2. The molecule has 4 heteroatoms. The molecule has 2 unspecified atom stereocenters. The van der Waals surface area contributed by atoms with Crippen LogP contribution in [-0.4, -0.2) is 21.9 Å². The molecule has 0 bridgehead atoms. The minimum atomic E-state index is -0.422. The fraction of sp³-hybridized carbons (Fsp3) is 0.400. The van der Waals surface area contributed by atoms with Gasteiger partial charge >= 0.3 is 0 Å². The van der Waals surface area contributed by atoms with Gasteiger partial charge in [0.05, 0.1) is 17.2 Å². The Bertz CT molecular complexity index is 688. The van der Waals surface area contributed by atoms with Gasteiger partial charge in [-0.2, -0.15) is 0 Å². The molecule has 100 valence electrons. The summed E-state index contributed by atoms with van der Waals surface area (Å²) in [6.07, 6.45) is 0.599. The largest absolute Gasteiger partial charge is 0.475 e. The van der Waals surface area contributed by atoms with Crippen LogP contribution in [0.25, 0.3) is 10.9 Å². The van der Waals surface area contributed by atoms with Crippen LogP contribution >= 0.6 is 0 Å². The van der Waals surface area contributed by atoms with Gasteiger partial charge in [0, 0.05) is 25.3 Å². The van der Waals surface area contributed by atoms with Gasteiger partial charge in [-0.15, -0.1) is 0 Å². The molecule has 1 aromatic heterocycles. The van der Waals surface area contributed by atoms with Gasteiger partial charge in [0.25, 0.3) is 0 Å².